The molecule has 1 aliphatic rings. The first kappa shape index (κ1) is 14.0. The van der Waals surface area contributed by atoms with E-state index in [-0.39, 0.29) is 0 Å². The highest BCUT2D eigenvalue weighted by Crippen LogP contribution is 2.29. The van der Waals surface area contributed by atoms with E-state index in [4.69, 9.17) is 0 Å². The van der Waals surface area contributed by atoms with Gasteiger partial charge in [-0.3, -0.25) is 4.90 Å². The lowest BCUT2D eigenvalue weighted by Crippen LogP contribution is -2.52. The largest absolute Gasteiger partial charge is 0.316 e. The SMILES string of the molecule is CCC(CC)(CC)N1CCCNCC(C)C1. The van der Waals surface area contributed by atoms with Crippen LogP contribution in [0.25, 0.3) is 0 Å². The van der Waals surface area contributed by atoms with E-state index in [0.29, 0.717) is 5.54 Å². The lowest BCUT2D eigenvalue weighted by molar-refractivity contribution is 0.0528. The van der Waals surface area contributed by atoms with Crippen molar-refractivity contribution in [3.8, 4) is 0 Å². The van der Waals surface area contributed by atoms with Gasteiger partial charge < -0.3 is 5.32 Å². The molecule has 2 nitrogen and oxygen atoms in total. The van der Waals surface area contributed by atoms with Crippen LogP contribution in [0, 0.1) is 5.92 Å². The van der Waals surface area contributed by atoms with E-state index in [0.717, 1.165) is 5.92 Å². The highest BCUT2D eigenvalue weighted by atomic mass is 15.2. The molecule has 0 saturated carbocycles. The molecule has 1 aliphatic heterocycles. The van der Waals surface area contributed by atoms with Crippen LogP contribution in [0.4, 0.5) is 0 Å². The monoisotopic (exact) mass is 226 g/mol. The van der Waals surface area contributed by atoms with Crippen molar-refractivity contribution in [1.82, 2.24) is 10.2 Å². The second kappa shape index (κ2) is 6.61. The third kappa shape index (κ3) is 3.21. The average molecular weight is 226 g/mol. The molecule has 1 unspecified atom stereocenters. The van der Waals surface area contributed by atoms with Gasteiger partial charge in [0.05, 0.1) is 0 Å². The maximum atomic E-state index is 3.54. The minimum Gasteiger partial charge on any atom is -0.316 e. The fraction of sp³-hybridized carbons (Fsp3) is 1.00. The summed E-state index contributed by atoms with van der Waals surface area (Å²) in [5.41, 5.74) is 0.464. The highest BCUT2D eigenvalue weighted by Gasteiger charge is 2.32. The van der Waals surface area contributed by atoms with Gasteiger partial charge in [0.25, 0.3) is 0 Å². The Labute approximate surface area is 102 Å². The molecule has 0 aromatic heterocycles. The Balaban J connectivity index is 2.71. The predicted molar refractivity (Wildman–Crippen MR) is 71.8 cm³/mol. The zero-order valence-corrected chi connectivity index (χ0v) is 11.7. The van der Waals surface area contributed by atoms with Crippen molar-refractivity contribution in [2.75, 3.05) is 26.2 Å². The molecule has 0 aliphatic carbocycles. The molecule has 1 rings (SSSR count). The Kier molecular flexibility index (Phi) is 5.77. The van der Waals surface area contributed by atoms with Crippen LogP contribution in [0.2, 0.25) is 0 Å². The Morgan fingerprint density at radius 3 is 2.38 bits per heavy atom. The molecule has 0 spiro atoms. The summed E-state index contributed by atoms with van der Waals surface area (Å²) < 4.78 is 0. The molecule has 1 saturated heterocycles. The van der Waals surface area contributed by atoms with Gasteiger partial charge in [0.2, 0.25) is 0 Å². The molecule has 1 atom stereocenters. The van der Waals surface area contributed by atoms with Crippen molar-refractivity contribution in [2.45, 2.75) is 58.9 Å². The number of hydrogen-bond acceptors (Lipinski definition) is 2. The van der Waals surface area contributed by atoms with Gasteiger partial charge in [0, 0.05) is 12.1 Å². The van der Waals surface area contributed by atoms with Crippen LogP contribution in [0.5, 0.6) is 0 Å². The quantitative estimate of drug-likeness (QED) is 0.793. The molecule has 96 valence electrons. The van der Waals surface area contributed by atoms with Gasteiger partial charge in [-0.1, -0.05) is 27.7 Å². The van der Waals surface area contributed by atoms with Crippen molar-refractivity contribution in [3.63, 3.8) is 0 Å². The summed E-state index contributed by atoms with van der Waals surface area (Å²) in [5, 5.41) is 3.54. The van der Waals surface area contributed by atoms with Crippen molar-refractivity contribution in [3.05, 3.63) is 0 Å². The first-order valence-corrected chi connectivity index (χ1v) is 7.14. The normalized spacial score (nSPS) is 25.1. The summed E-state index contributed by atoms with van der Waals surface area (Å²) in [7, 11) is 0. The Hall–Kier alpha value is -0.0800. The Morgan fingerprint density at radius 2 is 1.81 bits per heavy atom. The van der Waals surface area contributed by atoms with E-state index in [1.54, 1.807) is 0 Å². The van der Waals surface area contributed by atoms with Crippen LogP contribution >= 0.6 is 0 Å². The average Bonchev–Trinajstić information content (AvgIpc) is 2.27. The molecule has 0 radical (unpaired) electrons. The molecule has 1 fully saturated rings. The van der Waals surface area contributed by atoms with E-state index in [9.17, 15) is 0 Å². The molecular weight excluding hydrogens is 196 g/mol. The van der Waals surface area contributed by atoms with Crippen molar-refractivity contribution >= 4 is 0 Å². The van der Waals surface area contributed by atoms with Gasteiger partial charge in [0.1, 0.15) is 0 Å². The molecule has 16 heavy (non-hydrogen) atoms. The van der Waals surface area contributed by atoms with E-state index in [1.807, 2.05) is 0 Å². The fourth-order valence-corrected chi connectivity index (χ4v) is 3.13. The standard InChI is InChI=1S/C14H30N2/c1-5-14(6-2,7-3)16-10-8-9-15-11-13(4)12-16/h13,15H,5-12H2,1-4H3. The molecule has 2 heteroatoms. The number of nitrogens with zero attached hydrogens (tertiary/aromatic N) is 1. The first-order valence-electron chi connectivity index (χ1n) is 7.14. The van der Waals surface area contributed by atoms with Crippen molar-refractivity contribution < 1.29 is 0 Å². The third-order valence-electron chi connectivity index (χ3n) is 4.45. The topological polar surface area (TPSA) is 15.3 Å². The molecule has 0 aromatic rings. The van der Waals surface area contributed by atoms with Gasteiger partial charge in [-0.05, 0) is 51.2 Å². The zero-order chi connectivity index (χ0) is 12.0. The second-order valence-electron chi connectivity index (χ2n) is 5.39. The maximum absolute atomic E-state index is 3.54. The summed E-state index contributed by atoms with van der Waals surface area (Å²) in [6.07, 6.45) is 5.18. The predicted octanol–water partition coefficient (Wildman–Crippen LogP) is 2.89. The van der Waals surface area contributed by atoms with Gasteiger partial charge in [-0.25, -0.2) is 0 Å². The molecule has 1 heterocycles. The summed E-state index contributed by atoms with van der Waals surface area (Å²) in [4.78, 5) is 2.78. The minimum absolute atomic E-state index is 0.464. The summed E-state index contributed by atoms with van der Waals surface area (Å²) >= 11 is 0. The number of rotatable bonds is 4. The molecule has 1 N–H and O–H groups in total. The smallest absolute Gasteiger partial charge is 0.0201 e. The van der Waals surface area contributed by atoms with Gasteiger partial charge in [-0.2, -0.15) is 0 Å². The maximum Gasteiger partial charge on any atom is 0.0201 e. The van der Waals surface area contributed by atoms with Crippen molar-refractivity contribution in [1.29, 1.82) is 0 Å². The molecule has 0 aromatic carbocycles. The van der Waals surface area contributed by atoms with Crippen molar-refractivity contribution in [2.24, 2.45) is 5.92 Å². The fourth-order valence-electron chi connectivity index (χ4n) is 3.13. The zero-order valence-electron chi connectivity index (χ0n) is 11.7. The van der Waals surface area contributed by atoms with Crippen LogP contribution in [-0.4, -0.2) is 36.6 Å². The Bertz CT molecular complexity index is 179. The lowest BCUT2D eigenvalue weighted by atomic mass is 9.86. The van der Waals surface area contributed by atoms with Crippen LogP contribution < -0.4 is 5.32 Å². The Morgan fingerprint density at radius 1 is 1.19 bits per heavy atom. The van der Waals surface area contributed by atoms with Crippen LogP contribution in [-0.2, 0) is 0 Å². The minimum atomic E-state index is 0.464. The van der Waals surface area contributed by atoms with Crippen LogP contribution in [0.1, 0.15) is 53.4 Å². The van der Waals surface area contributed by atoms with E-state index < -0.39 is 0 Å². The third-order valence-corrected chi connectivity index (χ3v) is 4.45. The first-order chi connectivity index (χ1) is 7.68. The highest BCUT2D eigenvalue weighted by molar-refractivity contribution is 4.89. The summed E-state index contributed by atoms with van der Waals surface area (Å²) in [6.45, 7) is 14.3. The molecule has 0 bridgehead atoms. The number of nitrogens with one attached hydrogen (secondary N) is 1. The summed E-state index contributed by atoms with van der Waals surface area (Å²) in [5.74, 6) is 0.782. The van der Waals surface area contributed by atoms with E-state index in [2.05, 4.69) is 37.9 Å². The van der Waals surface area contributed by atoms with E-state index >= 15 is 0 Å². The van der Waals surface area contributed by atoms with Gasteiger partial charge in [0.15, 0.2) is 0 Å². The molecular formula is C14H30N2. The summed E-state index contributed by atoms with van der Waals surface area (Å²) in [6, 6.07) is 0. The van der Waals surface area contributed by atoms with Crippen LogP contribution in [0.3, 0.4) is 0 Å². The lowest BCUT2D eigenvalue weighted by Gasteiger charge is -2.45. The molecule has 0 amide bonds. The number of hydrogen-bond donors (Lipinski definition) is 1. The van der Waals surface area contributed by atoms with Gasteiger partial charge in [-0.15, -0.1) is 0 Å². The second-order valence-corrected chi connectivity index (χ2v) is 5.39. The van der Waals surface area contributed by atoms with Crippen LogP contribution in [0.15, 0.2) is 0 Å². The van der Waals surface area contributed by atoms with E-state index in [1.165, 1.54) is 51.9 Å². The van der Waals surface area contributed by atoms with Gasteiger partial charge >= 0.3 is 0 Å².